The molecule has 180 valence electrons. The quantitative estimate of drug-likeness (QED) is 0.342. The standard InChI is InChI=1S/C23H13F5N2O4S/c24-12-5-7-17(16(25)9-12)29-20(31)11-30-21(32)19(35-22(30)33)10-13-6-8-18(34-13)14-3-1-2-4-15(14)23(26,27)28/h1-10H,11H2,(H,29,31)/b19-10+. The maximum Gasteiger partial charge on any atom is 0.417 e. The van der Waals surface area contributed by atoms with Crippen LogP contribution in [0.1, 0.15) is 11.3 Å². The van der Waals surface area contributed by atoms with E-state index in [-0.39, 0.29) is 27.7 Å². The molecule has 1 fully saturated rings. The molecular weight excluding hydrogens is 495 g/mol. The number of furan rings is 1. The van der Waals surface area contributed by atoms with Crippen molar-refractivity contribution in [1.29, 1.82) is 0 Å². The Labute approximate surface area is 198 Å². The van der Waals surface area contributed by atoms with Crippen molar-refractivity contribution in [3.63, 3.8) is 0 Å². The van der Waals surface area contributed by atoms with E-state index in [2.05, 4.69) is 5.32 Å². The molecule has 0 bridgehead atoms. The first kappa shape index (κ1) is 24.2. The largest absolute Gasteiger partial charge is 0.457 e. The van der Waals surface area contributed by atoms with Gasteiger partial charge in [0.2, 0.25) is 5.91 Å². The number of alkyl halides is 3. The number of thioether (sulfide) groups is 1. The number of rotatable bonds is 5. The third-order valence-electron chi connectivity index (χ3n) is 4.78. The fourth-order valence-corrected chi connectivity index (χ4v) is 4.03. The second kappa shape index (κ2) is 9.37. The molecule has 0 unspecified atom stereocenters. The second-order valence-corrected chi connectivity index (χ2v) is 8.18. The van der Waals surface area contributed by atoms with Crippen molar-refractivity contribution in [3.8, 4) is 11.3 Å². The topological polar surface area (TPSA) is 79.6 Å². The van der Waals surface area contributed by atoms with E-state index in [4.69, 9.17) is 4.42 Å². The van der Waals surface area contributed by atoms with Crippen LogP contribution in [0.3, 0.4) is 0 Å². The van der Waals surface area contributed by atoms with Crippen molar-refractivity contribution in [3.05, 3.63) is 82.5 Å². The lowest BCUT2D eigenvalue weighted by molar-refractivity contribution is -0.137. The van der Waals surface area contributed by atoms with E-state index in [1.165, 1.54) is 36.4 Å². The SMILES string of the molecule is O=C(CN1C(=O)S/C(=C/c2ccc(-c3ccccc3C(F)(F)F)o2)C1=O)Nc1ccc(F)cc1F. The van der Waals surface area contributed by atoms with Gasteiger partial charge in [0.1, 0.15) is 29.7 Å². The van der Waals surface area contributed by atoms with Gasteiger partial charge in [-0.15, -0.1) is 0 Å². The molecule has 1 aliphatic rings. The van der Waals surface area contributed by atoms with Gasteiger partial charge in [0, 0.05) is 17.7 Å². The Morgan fingerprint density at radius 3 is 2.51 bits per heavy atom. The molecule has 6 nitrogen and oxygen atoms in total. The van der Waals surface area contributed by atoms with Crippen molar-refractivity contribution in [1.82, 2.24) is 4.90 Å². The predicted molar refractivity (Wildman–Crippen MR) is 117 cm³/mol. The number of nitrogens with zero attached hydrogens (tertiary/aromatic N) is 1. The Morgan fingerprint density at radius 1 is 1.06 bits per heavy atom. The van der Waals surface area contributed by atoms with Gasteiger partial charge in [-0.2, -0.15) is 13.2 Å². The third-order valence-corrected chi connectivity index (χ3v) is 5.69. The molecule has 0 spiro atoms. The van der Waals surface area contributed by atoms with Gasteiger partial charge < -0.3 is 9.73 Å². The average Bonchev–Trinajstić information content (AvgIpc) is 3.35. The minimum absolute atomic E-state index is 0.0142. The molecule has 4 rings (SSSR count). The summed E-state index contributed by atoms with van der Waals surface area (Å²) in [6.45, 7) is -0.735. The minimum Gasteiger partial charge on any atom is -0.457 e. The Bertz CT molecular complexity index is 1370. The van der Waals surface area contributed by atoms with Gasteiger partial charge in [0.05, 0.1) is 16.2 Å². The van der Waals surface area contributed by atoms with Gasteiger partial charge in [-0.1, -0.05) is 18.2 Å². The number of anilines is 1. The number of halogens is 5. The van der Waals surface area contributed by atoms with Crippen molar-refractivity contribution in [2.75, 3.05) is 11.9 Å². The molecule has 0 atom stereocenters. The number of amides is 3. The minimum atomic E-state index is -4.61. The summed E-state index contributed by atoms with van der Waals surface area (Å²) in [6, 6.07) is 9.91. The summed E-state index contributed by atoms with van der Waals surface area (Å²) in [5.74, 6) is -3.71. The summed E-state index contributed by atoms with van der Waals surface area (Å²) in [6.07, 6.45) is -3.44. The van der Waals surface area contributed by atoms with E-state index in [9.17, 15) is 36.3 Å². The zero-order valence-electron chi connectivity index (χ0n) is 17.4. The van der Waals surface area contributed by atoms with Gasteiger partial charge >= 0.3 is 6.18 Å². The van der Waals surface area contributed by atoms with Crippen LogP contribution in [0, 0.1) is 11.6 Å². The monoisotopic (exact) mass is 508 g/mol. The summed E-state index contributed by atoms with van der Waals surface area (Å²) in [4.78, 5) is 37.5. The summed E-state index contributed by atoms with van der Waals surface area (Å²) in [5, 5.41) is 1.36. The molecule has 1 saturated heterocycles. The number of benzene rings is 2. The number of nitrogens with one attached hydrogen (secondary N) is 1. The van der Waals surface area contributed by atoms with Crippen molar-refractivity contribution in [2.24, 2.45) is 0 Å². The Balaban J connectivity index is 1.49. The first-order valence-corrected chi connectivity index (χ1v) is 10.6. The van der Waals surface area contributed by atoms with E-state index >= 15 is 0 Å². The van der Waals surface area contributed by atoms with Crippen LogP contribution >= 0.6 is 11.8 Å². The van der Waals surface area contributed by atoms with E-state index in [1.807, 2.05) is 0 Å². The molecule has 2 heterocycles. The molecule has 0 aliphatic carbocycles. The fraction of sp³-hybridized carbons (Fsp3) is 0.0870. The molecular formula is C23H13F5N2O4S. The van der Waals surface area contributed by atoms with E-state index < -0.39 is 47.0 Å². The average molecular weight is 508 g/mol. The molecule has 2 aromatic carbocycles. The lowest BCUT2D eigenvalue weighted by Crippen LogP contribution is -2.36. The fourth-order valence-electron chi connectivity index (χ4n) is 3.21. The lowest BCUT2D eigenvalue weighted by Gasteiger charge is -2.12. The Morgan fingerprint density at radius 2 is 1.80 bits per heavy atom. The first-order chi connectivity index (χ1) is 16.5. The zero-order chi connectivity index (χ0) is 25.3. The number of imide groups is 1. The molecule has 3 aromatic rings. The van der Waals surface area contributed by atoms with Crippen LogP contribution in [-0.4, -0.2) is 28.5 Å². The summed E-state index contributed by atoms with van der Waals surface area (Å²) in [7, 11) is 0. The third kappa shape index (κ3) is 5.27. The number of carbonyl (C=O) groups excluding carboxylic acids is 3. The molecule has 0 radical (unpaired) electrons. The van der Waals surface area contributed by atoms with Gasteiger partial charge in [0.25, 0.3) is 11.1 Å². The summed E-state index contributed by atoms with van der Waals surface area (Å²) >= 11 is 0.497. The van der Waals surface area contributed by atoms with Crippen LogP contribution in [0.4, 0.5) is 32.4 Å². The van der Waals surface area contributed by atoms with Crippen LogP contribution in [0.5, 0.6) is 0 Å². The Kier molecular flexibility index (Phi) is 6.48. The van der Waals surface area contributed by atoms with Gasteiger partial charge in [-0.3, -0.25) is 19.3 Å². The van der Waals surface area contributed by atoms with Gasteiger partial charge in [0.15, 0.2) is 0 Å². The highest BCUT2D eigenvalue weighted by Crippen LogP contribution is 2.38. The number of hydrogen-bond acceptors (Lipinski definition) is 5. The number of carbonyl (C=O) groups is 3. The van der Waals surface area contributed by atoms with Crippen LogP contribution in [0.2, 0.25) is 0 Å². The van der Waals surface area contributed by atoms with Gasteiger partial charge in [-0.05, 0) is 42.1 Å². The molecule has 3 amide bonds. The maximum atomic E-state index is 13.7. The second-order valence-electron chi connectivity index (χ2n) is 7.19. The molecule has 1 aliphatic heterocycles. The Hall–Kier alpha value is -3.93. The summed E-state index contributed by atoms with van der Waals surface area (Å²) < 4.78 is 72.0. The van der Waals surface area contributed by atoms with Crippen LogP contribution in [0.25, 0.3) is 17.4 Å². The smallest absolute Gasteiger partial charge is 0.417 e. The highest BCUT2D eigenvalue weighted by Gasteiger charge is 2.37. The number of hydrogen-bond donors (Lipinski definition) is 1. The molecule has 1 aromatic heterocycles. The van der Waals surface area contributed by atoms with Crippen LogP contribution in [0.15, 0.2) is 63.9 Å². The van der Waals surface area contributed by atoms with E-state index in [0.717, 1.165) is 18.2 Å². The molecule has 12 heteroatoms. The van der Waals surface area contributed by atoms with Crippen molar-refractivity contribution in [2.45, 2.75) is 6.18 Å². The van der Waals surface area contributed by atoms with Crippen LogP contribution < -0.4 is 5.32 Å². The maximum absolute atomic E-state index is 13.7. The highest BCUT2D eigenvalue weighted by atomic mass is 32.2. The van der Waals surface area contributed by atoms with Gasteiger partial charge in [-0.25, -0.2) is 8.78 Å². The predicted octanol–water partition coefficient (Wildman–Crippen LogP) is 5.92. The summed E-state index contributed by atoms with van der Waals surface area (Å²) in [5.41, 5.74) is -1.43. The van der Waals surface area contributed by atoms with Crippen molar-refractivity contribution >= 4 is 40.6 Å². The molecule has 0 saturated carbocycles. The molecule has 35 heavy (non-hydrogen) atoms. The van der Waals surface area contributed by atoms with Crippen molar-refractivity contribution < 1.29 is 40.8 Å². The lowest BCUT2D eigenvalue weighted by atomic mass is 10.1. The zero-order valence-corrected chi connectivity index (χ0v) is 18.2. The normalized spacial score (nSPS) is 15.2. The van der Waals surface area contributed by atoms with E-state index in [0.29, 0.717) is 22.7 Å². The first-order valence-electron chi connectivity index (χ1n) is 9.79. The molecule has 1 N–H and O–H groups in total. The highest BCUT2D eigenvalue weighted by molar-refractivity contribution is 8.18. The van der Waals surface area contributed by atoms with E-state index in [1.54, 1.807) is 0 Å². The van der Waals surface area contributed by atoms with Crippen LogP contribution in [-0.2, 0) is 15.8 Å².